The van der Waals surface area contributed by atoms with Gasteiger partial charge in [0.1, 0.15) is 0 Å². The van der Waals surface area contributed by atoms with Crippen LogP contribution in [0, 0.1) is 0 Å². The number of hydrogen-bond donors (Lipinski definition) is 2. The van der Waals surface area contributed by atoms with E-state index in [1.807, 2.05) is 60.7 Å². The SMILES string of the molecule is OCCCC(c1ccccc1)C(O)c1ccccc1. The van der Waals surface area contributed by atoms with Crippen molar-refractivity contribution in [1.82, 2.24) is 0 Å². The summed E-state index contributed by atoms with van der Waals surface area (Å²) in [4.78, 5) is 0. The first kappa shape index (κ1) is 13.8. The highest BCUT2D eigenvalue weighted by Crippen LogP contribution is 2.34. The fourth-order valence-corrected chi connectivity index (χ4v) is 2.40. The van der Waals surface area contributed by atoms with E-state index in [2.05, 4.69) is 0 Å². The lowest BCUT2D eigenvalue weighted by atomic mass is 9.86. The Morgan fingerprint density at radius 2 is 1.32 bits per heavy atom. The van der Waals surface area contributed by atoms with E-state index >= 15 is 0 Å². The lowest BCUT2D eigenvalue weighted by Crippen LogP contribution is -2.11. The van der Waals surface area contributed by atoms with Crippen LogP contribution in [0.5, 0.6) is 0 Å². The lowest BCUT2D eigenvalue weighted by Gasteiger charge is -2.23. The van der Waals surface area contributed by atoms with Gasteiger partial charge >= 0.3 is 0 Å². The van der Waals surface area contributed by atoms with Crippen molar-refractivity contribution in [3.8, 4) is 0 Å². The summed E-state index contributed by atoms with van der Waals surface area (Å²) >= 11 is 0. The maximum absolute atomic E-state index is 10.6. The Hall–Kier alpha value is -1.64. The van der Waals surface area contributed by atoms with Gasteiger partial charge < -0.3 is 10.2 Å². The fraction of sp³-hybridized carbons (Fsp3) is 0.294. The highest BCUT2D eigenvalue weighted by molar-refractivity contribution is 5.26. The molecule has 0 spiro atoms. The highest BCUT2D eigenvalue weighted by Gasteiger charge is 2.21. The zero-order valence-electron chi connectivity index (χ0n) is 10.9. The lowest BCUT2D eigenvalue weighted by molar-refractivity contribution is 0.135. The molecule has 0 amide bonds. The molecule has 2 unspecified atom stereocenters. The second kappa shape index (κ2) is 7.07. The van der Waals surface area contributed by atoms with Crippen molar-refractivity contribution in [3.05, 3.63) is 71.8 Å². The van der Waals surface area contributed by atoms with Crippen molar-refractivity contribution in [2.75, 3.05) is 6.61 Å². The molecule has 2 heteroatoms. The maximum atomic E-state index is 10.6. The minimum atomic E-state index is -0.532. The van der Waals surface area contributed by atoms with E-state index in [1.54, 1.807) is 0 Å². The molecule has 2 N–H and O–H groups in total. The van der Waals surface area contributed by atoms with Crippen LogP contribution in [0.25, 0.3) is 0 Å². The van der Waals surface area contributed by atoms with Crippen molar-refractivity contribution >= 4 is 0 Å². The van der Waals surface area contributed by atoms with Crippen LogP contribution in [-0.2, 0) is 0 Å². The Morgan fingerprint density at radius 3 is 1.84 bits per heavy atom. The molecule has 0 bridgehead atoms. The van der Waals surface area contributed by atoms with Crippen LogP contribution in [0.3, 0.4) is 0 Å². The molecule has 2 atom stereocenters. The molecule has 0 aromatic heterocycles. The Bertz CT molecular complexity index is 467. The molecule has 0 radical (unpaired) electrons. The minimum Gasteiger partial charge on any atom is -0.396 e. The van der Waals surface area contributed by atoms with Crippen molar-refractivity contribution in [1.29, 1.82) is 0 Å². The number of aliphatic hydroxyl groups is 2. The average molecular weight is 256 g/mol. The van der Waals surface area contributed by atoms with Crippen LogP contribution >= 0.6 is 0 Å². The van der Waals surface area contributed by atoms with E-state index in [4.69, 9.17) is 5.11 Å². The van der Waals surface area contributed by atoms with Gasteiger partial charge in [-0.05, 0) is 24.0 Å². The van der Waals surface area contributed by atoms with Crippen molar-refractivity contribution in [2.45, 2.75) is 24.9 Å². The van der Waals surface area contributed by atoms with Gasteiger partial charge in [-0.3, -0.25) is 0 Å². The predicted octanol–water partition coefficient (Wildman–Crippen LogP) is 3.28. The molecule has 0 aliphatic carbocycles. The van der Waals surface area contributed by atoms with E-state index in [-0.39, 0.29) is 12.5 Å². The first-order chi connectivity index (χ1) is 9.33. The summed E-state index contributed by atoms with van der Waals surface area (Å²) < 4.78 is 0. The summed E-state index contributed by atoms with van der Waals surface area (Å²) in [6.45, 7) is 0.158. The molecule has 0 aliphatic heterocycles. The minimum absolute atomic E-state index is 0.0238. The molecule has 19 heavy (non-hydrogen) atoms. The topological polar surface area (TPSA) is 40.5 Å². The Kier molecular flexibility index (Phi) is 5.13. The van der Waals surface area contributed by atoms with Crippen molar-refractivity contribution in [2.24, 2.45) is 0 Å². The van der Waals surface area contributed by atoms with Crippen LogP contribution in [0.1, 0.15) is 36.0 Å². The second-order valence-corrected chi connectivity index (χ2v) is 4.74. The van der Waals surface area contributed by atoms with E-state index in [1.165, 1.54) is 0 Å². The maximum Gasteiger partial charge on any atom is 0.0858 e. The van der Waals surface area contributed by atoms with E-state index < -0.39 is 6.10 Å². The van der Waals surface area contributed by atoms with Crippen LogP contribution in [0.4, 0.5) is 0 Å². The van der Waals surface area contributed by atoms with Gasteiger partial charge in [0.2, 0.25) is 0 Å². The third-order valence-electron chi connectivity index (χ3n) is 3.42. The van der Waals surface area contributed by atoms with Gasteiger partial charge in [-0.1, -0.05) is 60.7 Å². The van der Waals surface area contributed by atoms with Crippen molar-refractivity contribution < 1.29 is 10.2 Å². The Labute approximate surface area is 114 Å². The molecular formula is C17H20O2. The summed E-state index contributed by atoms with van der Waals surface area (Å²) in [5.41, 5.74) is 2.04. The number of hydrogen-bond acceptors (Lipinski definition) is 2. The number of aliphatic hydroxyl groups excluding tert-OH is 2. The molecule has 0 heterocycles. The van der Waals surface area contributed by atoms with Crippen LogP contribution < -0.4 is 0 Å². The quantitative estimate of drug-likeness (QED) is 0.832. The summed E-state index contributed by atoms with van der Waals surface area (Å²) in [5.74, 6) is 0.0238. The van der Waals surface area contributed by atoms with Gasteiger partial charge in [0.05, 0.1) is 6.10 Å². The average Bonchev–Trinajstić information content (AvgIpc) is 2.49. The number of rotatable bonds is 6. The third-order valence-corrected chi connectivity index (χ3v) is 3.42. The molecule has 2 nitrogen and oxygen atoms in total. The van der Waals surface area contributed by atoms with E-state index in [0.717, 1.165) is 17.5 Å². The van der Waals surface area contributed by atoms with Gasteiger partial charge in [0, 0.05) is 12.5 Å². The Morgan fingerprint density at radius 1 is 0.789 bits per heavy atom. The smallest absolute Gasteiger partial charge is 0.0858 e. The highest BCUT2D eigenvalue weighted by atomic mass is 16.3. The van der Waals surface area contributed by atoms with Crippen LogP contribution in [0.2, 0.25) is 0 Å². The van der Waals surface area contributed by atoms with Crippen LogP contribution in [0.15, 0.2) is 60.7 Å². The van der Waals surface area contributed by atoms with Gasteiger partial charge in [-0.2, -0.15) is 0 Å². The molecule has 2 aromatic rings. The van der Waals surface area contributed by atoms with Gasteiger partial charge in [0.25, 0.3) is 0 Å². The van der Waals surface area contributed by atoms with Crippen LogP contribution in [-0.4, -0.2) is 16.8 Å². The summed E-state index contributed by atoms with van der Waals surface area (Å²) in [7, 11) is 0. The molecule has 0 fully saturated rings. The first-order valence-corrected chi connectivity index (χ1v) is 6.71. The summed E-state index contributed by atoms with van der Waals surface area (Å²) in [5, 5.41) is 19.6. The fourth-order valence-electron chi connectivity index (χ4n) is 2.40. The molecule has 0 aliphatic rings. The predicted molar refractivity (Wildman–Crippen MR) is 76.9 cm³/mol. The first-order valence-electron chi connectivity index (χ1n) is 6.71. The van der Waals surface area contributed by atoms with Gasteiger partial charge in [0.15, 0.2) is 0 Å². The van der Waals surface area contributed by atoms with E-state index in [0.29, 0.717) is 6.42 Å². The molecular weight excluding hydrogens is 236 g/mol. The molecule has 2 rings (SSSR count). The second-order valence-electron chi connectivity index (χ2n) is 4.74. The summed E-state index contributed by atoms with van der Waals surface area (Å²) in [6, 6.07) is 19.7. The molecule has 100 valence electrons. The van der Waals surface area contributed by atoms with Gasteiger partial charge in [-0.15, -0.1) is 0 Å². The standard InChI is InChI=1S/C17H20O2/c18-13-7-12-16(14-8-3-1-4-9-14)17(19)15-10-5-2-6-11-15/h1-6,8-11,16-19H,7,12-13H2. The zero-order valence-corrected chi connectivity index (χ0v) is 10.9. The summed E-state index contributed by atoms with van der Waals surface area (Å²) in [6.07, 6.45) is 0.940. The van der Waals surface area contributed by atoms with Crippen molar-refractivity contribution in [3.63, 3.8) is 0 Å². The largest absolute Gasteiger partial charge is 0.396 e. The molecule has 0 saturated carbocycles. The molecule has 2 aromatic carbocycles. The number of benzene rings is 2. The zero-order chi connectivity index (χ0) is 13.5. The molecule has 0 saturated heterocycles. The Balaban J connectivity index is 2.22. The normalized spacial score (nSPS) is 14.0. The van der Waals surface area contributed by atoms with Gasteiger partial charge in [-0.25, -0.2) is 0 Å². The third kappa shape index (κ3) is 3.66. The monoisotopic (exact) mass is 256 g/mol. The van der Waals surface area contributed by atoms with E-state index in [9.17, 15) is 5.11 Å².